The third-order valence-electron chi connectivity index (χ3n) is 4.64. The van der Waals surface area contributed by atoms with E-state index >= 15 is 0 Å². The van der Waals surface area contributed by atoms with Crippen LogP contribution in [0.15, 0.2) is 28.3 Å². The summed E-state index contributed by atoms with van der Waals surface area (Å²) in [5.41, 5.74) is -4.50. The fraction of sp³-hybridized carbons (Fsp3) is 0.471. The van der Waals surface area contributed by atoms with E-state index in [0.717, 1.165) is 23.4 Å². The Morgan fingerprint density at radius 2 is 1.83 bits per heavy atom. The molecule has 3 heterocycles. The molecule has 12 heteroatoms. The number of aryl methyl sites for hydroxylation is 2. The number of hydrogen-bond donors (Lipinski definition) is 1. The Morgan fingerprint density at radius 1 is 1.14 bits per heavy atom. The van der Waals surface area contributed by atoms with Crippen molar-refractivity contribution in [1.29, 1.82) is 0 Å². The van der Waals surface area contributed by atoms with E-state index in [1.165, 1.54) is 17.9 Å². The highest BCUT2D eigenvalue weighted by molar-refractivity contribution is 5.69. The smallest absolute Gasteiger partial charge is 0.375 e. The van der Waals surface area contributed by atoms with Gasteiger partial charge >= 0.3 is 11.9 Å². The van der Waals surface area contributed by atoms with Gasteiger partial charge in [-0.05, 0) is 13.3 Å². The van der Waals surface area contributed by atoms with Gasteiger partial charge in [-0.25, -0.2) is 9.78 Å². The number of nitrogens with zero attached hydrogens (tertiary/aromatic N) is 6. The number of halogens is 3. The molecule has 29 heavy (non-hydrogen) atoms. The van der Waals surface area contributed by atoms with Crippen molar-refractivity contribution in [2.45, 2.75) is 45.1 Å². The van der Waals surface area contributed by atoms with E-state index in [4.69, 9.17) is 0 Å². The average Bonchev–Trinajstić information content (AvgIpc) is 3.07. The first-order chi connectivity index (χ1) is 13.5. The molecule has 1 atom stereocenters. The number of alkyl halides is 3. The summed E-state index contributed by atoms with van der Waals surface area (Å²) < 4.78 is 42.5. The molecule has 3 aromatic heterocycles. The molecule has 0 aliphatic heterocycles. The summed E-state index contributed by atoms with van der Waals surface area (Å²) >= 11 is 0. The van der Waals surface area contributed by atoms with Crippen molar-refractivity contribution in [2.75, 3.05) is 0 Å². The van der Waals surface area contributed by atoms with Crippen LogP contribution in [0.4, 0.5) is 13.2 Å². The fourth-order valence-electron chi connectivity index (χ4n) is 2.87. The molecule has 0 bridgehead atoms. The van der Waals surface area contributed by atoms with Crippen LogP contribution >= 0.6 is 0 Å². The van der Waals surface area contributed by atoms with E-state index in [0.29, 0.717) is 13.5 Å². The summed E-state index contributed by atoms with van der Waals surface area (Å²) in [5.74, 6) is 0. The molecule has 0 saturated carbocycles. The first kappa shape index (κ1) is 20.7. The second kappa shape index (κ2) is 7.10. The quantitative estimate of drug-likeness (QED) is 0.668. The molecule has 0 amide bonds. The molecule has 0 fully saturated rings. The number of rotatable bonds is 5. The van der Waals surface area contributed by atoms with Gasteiger partial charge < -0.3 is 9.67 Å². The second-order valence-electron chi connectivity index (χ2n) is 6.81. The predicted octanol–water partition coefficient (Wildman–Crippen LogP) is 0.915. The Morgan fingerprint density at radius 3 is 2.38 bits per heavy atom. The number of imidazole rings is 1. The van der Waals surface area contributed by atoms with Crippen LogP contribution in [0.25, 0.3) is 11.2 Å². The summed E-state index contributed by atoms with van der Waals surface area (Å²) in [6, 6.07) is 0. The van der Waals surface area contributed by atoms with Crippen molar-refractivity contribution in [2.24, 2.45) is 7.05 Å². The van der Waals surface area contributed by atoms with E-state index in [1.807, 2.05) is 6.92 Å². The standard InChI is InChI=1S/C17H19F3N6O3/c1-4-5-25-9-23-13-12(25)14(27)26(15(28)24(13)3)8-10-6-22-11(7-21-10)16(2,29)17(18,19)20/h6-7,9,29H,4-5,8H2,1-3H3. The van der Waals surface area contributed by atoms with E-state index in [1.54, 1.807) is 4.57 Å². The van der Waals surface area contributed by atoms with Gasteiger partial charge in [0.1, 0.15) is 0 Å². The Hall–Kier alpha value is -3.02. The molecule has 156 valence electrons. The third-order valence-corrected chi connectivity index (χ3v) is 4.64. The van der Waals surface area contributed by atoms with E-state index in [9.17, 15) is 27.9 Å². The third kappa shape index (κ3) is 3.43. The first-order valence-corrected chi connectivity index (χ1v) is 8.74. The monoisotopic (exact) mass is 412 g/mol. The molecule has 1 N–H and O–H groups in total. The molecule has 0 aliphatic rings. The lowest BCUT2D eigenvalue weighted by Gasteiger charge is -2.25. The molecule has 9 nitrogen and oxygen atoms in total. The summed E-state index contributed by atoms with van der Waals surface area (Å²) in [5, 5.41) is 9.66. The van der Waals surface area contributed by atoms with Gasteiger partial charge in [0.2, 0.25) is 5.60 Å². The maximum atomic E-state index is 12.9. The topological polar surface area (TPSA) is 108 Å². The molecule has 0 spiro atoms. The van der Waals surface area contributed by atoms with Crippen LogP contribution in [-0.2, 0) is 25.7 Å². The fourth-order valence-corrected chi connectivity index (χ4v) is 2.87. The minimum atomic E-state index is -4.93. The SMILES string of the molecule is CCCn1cnc2c1c(=O)n(Cc1cnc(C(C)(O)C(F)(F)F)cn1)c(=O)n2C. The molecular formula is C17H19F3N6O3. The Balaban J connectivity index is 2.04. The van der Waals surface area contributed by atoms with Gasteiger partial charge in [-0.2, -0.15) is 13.2 Å². The van der Waals surface area contributed by atoms with Crippen LogP contribution in [0.1, 0.15) is 31.7 Å². The van der Waals surface area contributed by atoms with Gasteiger partial charge in [0.15, 0.2) is 11.2 Å². The maximum Gasteiger partial charge on any atom is 0.422 e. The Kier molecular flexibility index (Phi) is 5.07. The highest BCUT2D eigenvalue weighted by Gasteiger charge is 2.52. The second-order valence-corrected chi connectivity index (χ2v) is 6.81. The molecule has 0 radical (unpaired) electrons. The zero-order valence-corrected chi connectivity index (χ0v) is 15.9. The minimum absolute atomic E-state index is 0.0897. The molecule has 0 aromatic carbocycles. The van der Waals surface area contributed by atoms with Gasteiger partial charge in [0.25, 0.3) is 5.56 Å². The van der Waals surface area contributed by atoms with Crippen LogP contribution in [0.3, 0.4) is 0 Å². The highest BCUT2D eigenvalue weighted by Crippen LogP contribution is 2.37. The molecule has 0 aliphatic carbocycles. The molecule has 3 aromatic rings. The van der Waals surface area contributed by atoms with Crippen molar-refractivity contribution in [3.8, 4) is 0 Å². The molecule has 3 rings (SSSR count). The van der Waals surface area contributed by atoms with Gasteiger partial charge in [-0.3, -0.25) is 23.9 Å². The number of aliphatic hydroxyl groups is 1. The van der Waals surface area contributed by atoms with Gasteiger partial charge in [-0.15, -0.1) is 0 Å². The normalized spacial score (nSPS) is 14.3. The van der Waals surface area contributed by atoms with Crippen molar-refractivity contribution < 1.29 is 18.3 Å². The molecule has 0 saturated heterocycles. The van der Waals surface area contributed by atoms with Crippen molar-refractivity contribution >= 4 is 11.2 Å². The lowest BCUT2D eigenvalue weighted by atomic mass is 10.0. The van der Waals surface area contributed by atoms with E-state index in [-0.39, 0.29) is 23.4 Å². The maximum absolute atomic E-state index is 12.9. The van der Waals surface area contributed by atoms with Crippen LogP contribution in [0.2, 0.25) is 0 Å². The van der Waals surface area contributed by atoms with Crippen LogP contribution in [0.5, 0.6) is 0 Å². The highest BCUT2D eigenvalue weighted by atomic mass is 19.4. The van der Waals surface area contributed by atoms with Crippen LogP contribution < -0.4 is 11.2 Å². The van der Waals surface area contributed by atoms with Crippen molar-refractivity contribution in [3.63, 3.8) is 0 Å². The van der Waals surface area contributed by atoms with E-state index < -0.39 is 28.7 Å². The van der Waals surface area contributed by atoms with Crippen molar-refractivity contribution in [3.05, 3.63) is 50.9 Å². The largest absolute Gasteiger partial charge is 0.422 e. The molecule has 1 unspecified atom stereocenters. The predicted molar refractivity (Wildman–Crippen MR) is 96.3 cm³/mol. The average molecular weight is 412 g/mol. The van der Waals surface area contributed by atoms with Crippen molar-refractivity contribution in [1.82, 2.24) is 28.7 Å². The summed E-state index contributed by atoms with van der Waals surface area (Å²) in [4.78, 5) is 37.0. The lowest BCUT2D eigenvalue weighted by molar-refractivity contribution is -0.260. The number of hydrogen-bond acceptors (Lipinski definition) is 6. The number of fused-ring (bicyclic) bond motifs is 1. The Labute approximate surface area is 162 Å². The van der Waals surface area contributed by atoms with Crippen LogP contribution in [-0.4, -0.2) is 39.9 Å². The minimum Gasteiger partial charge on any atom is -0.375 e. The van der Waals surface area contributed by atoms with Gasteiger partial charge in [0, 0.05) is 13.6 Å². The van der Waals surface area contributed by atoms with Gasteiger partial charge in [0.05, 0.1) is 36.7 Å². The van der Waals surface area contributed by atoms with Gasteiger partial charge in [-0.1, -0.05) is 6.92 Å². The summed E-state index contributed by atoms with van der Waals surface area (Å²) in [6.45, 7) is 2.74. The lowest BCUT2D eigenvalue weighted by Crippen LogP contribution is -2.41. The van der Waals surface area contributed by atoms with Crippen LogP contribution in [0, 0.1) is 0 Å². The number of aromatic nitrogens is 6. The Bertz CT molecular complexity index is 1160. The molecular weight excluding hydrogens is 393 g/mol. The zero-order chi connectivity index (χ0) is 21.6. The van der Waals surface area contributed by atoms with E-state index in [2.05, 4.69) is 15.0 Å². The summed E-state index contributed by atoms with van der Waals surface area (Å²) in [7, 11) is 1.47. The summed E-state index contributed by atoms with van der Waals surface area (Å²) in [6.07, 6.45) is -0.932. The first-order valence-electron chi connectivity index (χ1n) is 8.74. The zero-order valence-electron chi connectivity index (χ0n) is 15.9.